The van der Waals surface area contributed by atoms with E-state index in [9.17, 15) is 5.11 Å². The van der Waals surface area contributed by atoms with Gasteiger partial charge in [-0.05, 0) is 26.2 Å². The first-order chi connectivity index (χ1) is 6.68. The molecule has 4 heteroatoms. The number of rotatable bonds is 4. The van der Waals surface area contributed by atoms with Crippen LogP contribution in [0.1, 0.15) is 30.0 Å². The second-order valence-electron chi connectivity index (χ2n) is 4.04. The second-order valence-corrected chi connectivity index (χ2v) is 5.10. The number of aromatic nitrogens is 1. The molecule has 0 saturated heterocycles. The lowest BCUT2D eigenvalue weighted by atomic mass is 9.80. The first-order valence-corrected chi connectivity index (χ1v) is 5.90. The Morgan fingerprint density at radius 3 is 2.93 bits per heavy atom. The standard InChI is InChI=1S/C10H16N2OS/c1-8-12-9(6-14-8)5-11-7-10(13)3-2-4-10/h6,11,13H,2-5,7H2,1H3. The van der Waals surface area contributed by atoms with Crippen LogP contribution in [0, 0.1) is 6.92 Å². The molecule has 2 rings (SSSR count). The van der Waals surface area contributed by atoms with Gasteiger partial charge in [0.1, 0.15) is 0 Å². The van der Waals surface area contributed by atoms with Crippen LogP contribution in [-0.4, -0.2) is 22.2 Å². The number of aliphatic hydroxyl groups is 1. The Labute approximate surface area is 88.2 Å². The van der Waals surface area contributed by atoms with E-state index in [0.29, 0.717) is 6.54 Å². The highest BCUT2D eigenvalue weighted by Crippen LogP contribution is 2.30. The van der Waals surface area contributed by atoms with Gasteiger partial charge in [-0.25, -0.2) is 4.98 Å². The van der Waals surface area contributed by atoms with Crippen molar-refractivity contribution >= 4 is 11.3 Å². The Bertz CT molecular complexity index is 307. The van der Waals surface area contributed by atoms with Crippen molar-refractivity contribution in [3.63, 3.8) is 0 Å². The zero-order valence-electron chi connectivity index (χ0n) is 8.42. The maximum atomic E-state index is 9.81. The second kappa shape index (κ2) is 3.96. The molecule has 0 bridgehead atoms. The van der Waals surface area contributed by atoms with Gasteiger partial charge in [0.2, 0.25) is 0 Å². The van der Waals surface area contributed by atoms with Gasteiger partial charge in [-0.2, -0.15) is 0 Å². The van der Waals surface area contributed by atoms with Gasteiger partial charge in [0, 0.05) is 18.5 Å². The maximum absolute atomic E-state index is 9.81. The topological polar surface area (TPSA) is 45.2 Å². The number of aryl methyl sites for hydroxylation is 1. The Hall–Kier alpha value is -0.450. The van der Waals surface area contributed by atoms with Crippen molar-refractivity contribution in [2.24, 2.45) is 0 Å². The lowest BCUT2D eigenvalue weighted by molar-refractivity contribution is -0.0315. The van der Waals surface area contributed by atoms with Gasteiger partial charge in [0.15, 0.2) is 0 Å². The quantitative estimate of drug-likeness (QED) is 0.794. The van der Waals surface area contributed by atoms with Crippen molar-refractivity contribution in [2.45, 2.75) is 38.3 Å². The third-order valence-electron chi connectivity index (χ3n) is 2.71. The van der Waals surface area contributed by atoms with Gasteiger partial charge in [-0.3, -0.25) is 0 Å². The first-order valence-electron chi connectivity index (χ1n) is 5.02. The number of hydrogen-bond acceptors (Lipinski definition) is 4. The van der Waals surface area contributed by atoms with Crippen LogP contribution in [-0.2, 0) is 6.54 Å². The van der Waals surface area contributed by atoms with E-state index in [0.717, 1.165) is 36.5 Å². The minimum absolute atomic E-state index is 0.426. The average Bonchev–Trinajstić information content (AvgIpc) is 2.49. The molecule has 1 aromatic rings. The van der Waals surface area contributed by atoms with Crippen LogP contribution in [0.4, 0.5) is 0 Å². The summed E-state index contributed by atoms with van der Waals surface area (Å²) in [5.74, 6) is 0. The van der Waals surface area contributed by atoms with Gasteiger partial charge < -0.3 is 10.4 Å². The van der Waals surface area contributed by atoms with Gasteiger partial charge in [-0.1, -0.05) is 0 Å². The summed E-state index contributed by atoms with van der Waals surface area (Å²) in [6.07, 6.45) is 3.04. The highest BCUT2D eigenvalue weighted by atomic mass is 32.1. The summed E-state index contributed by atoms with van der Waals surface area (Å²) in [6, 6.07) is 0. The van der Waals surface area contributed by atoms with Crippen LogP contribution in [0.2, 0.25) is 0 Å². The monoisotopic (exact) mass is 212 g/mol. The molecular formula is C10H16N2OS. The Morgan fingerprint density at radius 2 is 2.43 bits per heavy atom. The van der Waals surface area contributed by atoms with E-state index >= 15 is 0 Å². The molecule has 2 N–H and O–H groups in total. The molecule has 14 heavy (non-hydrogen) atoms. The van der Waals surface area contributed by atoms with Crippen molar-refractivity contribution in [1.82, 2.24) is 10.3 Å². The summed E-state index contributed by atoms with van der Waals surface area (Å²) in [5, 5.41) is 16.2. The van der Waals surface area contributed by atoms with E-state index in [4.69, 9.17) is 0 Å². The molecular weight excluding hydrogens is 196 g/mol. The van der Waals surface area contributed by atoms with Crippen LogP contribution in [0.5, 0.6) is 0 Å². The Morgan fingerprint density at radius 1 is 1.64 bits per heavy atom. The minimum Gasteiger partial charge on any atom is -0.389 e. The molecule has 0 unspecified atom stereocenters. The fraction of sp³-hybridized carbons (Fsp3) is 0.700. The largest absolute Gasteiger partial charge is 0.389 e. The maximum Gasteiger partial charge on any atom is 0.0897 e. The van der Waals surface area contributed by atoms with Crippen LogP contribution >= 0.6 is 11.3 Å². The van der Waals surface area contributed by atoms with Crippen molar-refractivity contribution in [3.05, 3.63) is 16.1 Å². The van der Waals surface area contributed by atoms with Crippen LogP contribution in [0.3, 0.4) is 0 Å². The third kappa shape index (κ3) is 2.32. The summed E-state index contributed by atoms with van der Waals surface area (Å²) in [4.78, 5) is 4.35. The normalized spacial score (nSPS) is 19.3. The SMILES string of the molecule is Cc1nc(CNCC2(O)CCC2)cs1. The lowest BCUT2D eigenvalue weighted by Gasteiger charge is -2.36. The van der Waals surface area contributed by atoms with E-state index in [-0.39, 0.29) is 0 Å². The summed E-state index contributed by atoms with van der Waals surface area (Å²) in [5.41, 5.74) is 0.654. The number of nitrogens with one attached hydrogen (secondary N) is 1. The molecule has 1 aliphatic carbocycles. The van der Waals surface area contributed by atoms with E-state index in [2.05, 4.69) is 15.7 Å². The summed E-state index contributed by atoms with van der Waals surface area (Å²) < 4.78 is 0. The van der Waals surface area contributed by atoms with Gasteiger partial charge in [-0.15, -0.1) is 11.3 Å². The predicted molar refractivity (Wildman–Crippen MR) is 57.4 cm³/mol. The van der Waals surface area contributed by atoms with Crippen molar-refractivity contribution < 1.29 is 5.11 Å². The van der Waals surface area contributed by atoms with E-state index < -0.39 is 5.60 Å². The fourth-order valence-electron chi connectivity index (χ4n) is 1.67. The number of thiazole rings is 1. The molecule has 0 atom stereocenters. The summed E-state index contributed by atoms with van der Waals surface area (Å²) in [7, 11) is 0. The predicted octanol–water partition coefficient (Wildman–Crippen LogP) is 1.46. The molecule has 0 amide bonds. The Kier molecular flexibility index (Phi) is 2.85. The molecule has 0 spiro atoms. The molecule has 1 aliphatic rings. The molecule has 3 nitrogen and oxygen atoms in total. The molecule has 0 aromatic carbocycles. The van der Waals surface area contributed by atoms with Crippen LogP contribution in [0.15, 0.2) is 5.38 Å². The first kappa shape index (κ1) is 10.1. The van der Waals surface area contributed by atoms with Gasteiger partial charge in [0.05, 0.1) is 16.3 Å². The molecule has 0 radical (unpaired) electrons. The van der Waals surface area contributed by atoms with Crippen LogP contribution < -0.4 is 5.32 Å². The number of nitrogens with zero attached hydrogens (tertiary/aromatic N) is 1. The lowest BCUT2D eigenvalue weighted by Crippen LogP contribution is -2.46. The average molecular weight is 212 g/mol. The van der Waals surface area contributed by atoms with E-state index in [1.165, 1.54) is 0 Å². The molecule has 0 aliphatic heterocycles. The highest BCUT2D eigenvalue weighted by molar-refractivity contribution is 7.09. The smallest absolute Gasteiger partial charge is 0.0897 e. The Balaban J connectivity index is 1.72. The molecule has 1 aromatic heterocycles. The number of hydrogen-bond donors (Lipinski definition) is 2. The van der Waals surface area contributed by atoms with Crippen molar-refractivity contribution in [2.75, 3.05) is 6.54 Å². The molecule has 1 saturated carbocycles. The van der Waals surface area contributed by atoms with Gasteiger partial charge in [0.25, 0.3) is 0 Å². The zero-order chi connectivity index (χ0) is 10.0. The molecule has 1 heterocycles. The third-order valence-corrected chi connectivity index (χ3v) is 3.53. The van der Waals surface area contributed by atoms with Crippen LogP contribution in [0.25, 0.3) is 0 Å². The minimum atomic E-state index is -0.426. The van der Waals surface area contributed by atoms with E-state index in [1.807, 2.05) is 6.92 Å². The molecule has 1 fully saturated rings. The molecule has 78 valence electrons. The van der Waals surface area contributed by atoms with Gasteiger partial charge >= 0.3 is 0 Å². The summed E-state index contributed by atoms with van der Waals surface area (Å²) in [6.45, 7) is 3.48. The van der Waals surface area contributed by atoms with Crippen molar-refractivity contribution in [1.29, 1.82) is 0 Å². The fourth-order valence-corrected chi connectivity index (χ4v) is 2.29. The zero-order valence-corrected chi connectivity index (χ0v) is 9.23. The van der Waals surface area contributed by atoms with Crippen molar-refractivity contribution in [3.8, 4) is 0 Å². The van der Waals surface area contributed by atoms with E-state index in [1.54, 1.807) is 11.3 Å². The summed E-state index contributed by atoms with van der Waals surface area (Å²) >= 11 is 1.67. The highest BCUT2D eigenvalue weighted by Gasteiger charge is 2.33.